The molecule has 0 saturated heterocycles. The predicted molar refractivity (Wildman–Crippen MR) is 143 cm³/mol. The largest absolute Gasteiger partial charge is 0.492 e. The first-order valence-corrected chi connectivity index (χ1v) is 12.3. The molecule has 37 heavy (non-hydrogen) atoms. The third-order valence-electron chi connectivity index (χ3n) is 6.34. The van der Waals surface area contributed by atoms with Crippen molar-refractivity contribution in [1.29, 1.82) is 0 Å². The van der Waals surface area contributed by atoms with Crippen LogP contribution in [0.5, 0.6) is 5.75 Å². The van der Waals surface area contributed by atoms with Crippen molar-refractivity contribution in [2.75, 3.05) is 32.6 Å². The molecular weight excluding hydrogens is 470 g/mol. The van der Waals surface area contributed by atoms with E-state index in [0.717, 1.165) is 18.0 Å². The molecule has 5 rings (SSSR count). The molecular formula is C27H31N7O3. The van der Waals surface area contributed by atoms with Crippen LogP contribution in [0.4, 0.5) is 11.6 Å². The molecule has 3 aromatic heterocycles. The highest BCUT2D eigenvalue weighted by molar-refractivity contribution is 5.77. The van der Waals surface area contributed by atoms with Crippen LogP contribution in [0.3, 0.4) is 0 Å². The summed E-state index contributed by atoms with van der Waals surface area (Å²) in [6.45, 7) is 3.55. The zero-order chi connectivity index (χ0) is 26.0. The van der Waals surface area contributed by atoms with Gasteiger partial charge in [0.15, 0.2) is 11.5 Å². The molecule has 4 aromatic rings. The van der Waals surface area contributed by atoms with Crippen molar-refractivity contribution in [3.63, 3.8) is 0 Å². The first-order chi connectivity index (χ1) is 17.8. The standard InChI is InChI=1S/C27H31N7O3/c1-27(36)14-5-4-6-15-33-25(35)21-18-28-26(31-24(21)34(33)23-9-7-8-22(27)30-23)29-19-10-12-20(13-11-19)37-17-16-32(2)3/h4,6-13,18,36H,5,14-17H2,1-3H3,(H,28,29,31)/b6-4-. The molecule has 0 spiro atoms. The van der Waals surface area contributed by atoms with E-state index in [2.05, 4.69) is 15.2 Å². The lowest BCUT2D eigenvalue weighted by Crippen LogP contribution is -2.24. The normalized spacial score (nSPS) is 18.3. The van der Waals surface area contributed by atoms with Crippen molar-refractivity contribution < 1.29 is 9.84 Å². The lowest BCUT2D eigenvalue weighted by molar-refractivity contribution is 0.0443. The summed E-state index contributed by atoms with van der Waals surface area (Å²) >= 11 is 0. The Labute approximate surface area is 214 Å². The molecule has 2 N–H and O–H groups in total. The van der Waals surface area contributed by atoms with E-state index in [9.17, 15) is 9.90 Å². The first-order valence-electron chi connectivity index (χ1n) is 12.3. The minimum Gasteiger partial charge on any atom is -0.492 e. The van der Waals surface area contributed by atoms with Crippen molar-refractivity contribution in [2.24, 2.45) is 0 Å². The lowest BCUT2D eigenvalue weighted by Gasteiger charge is -2.22. The summed E-state index contributed by atoms with van der Waals surface area (Å²) in [6, 6.07) is 13.0. The number of fused-ring (bicyclic) bond motifs is 6. The second-order valence-corrected chi connectivity index (χ2v) is 9.60. The molecule has 10 nitrogen and oxygen atoms in total. The topological polar surface area (TPSA) is 110 Å². The van der Waals surface area contributed by atoms with E-state index in [0.29, 0.717) is 54.5 Å². The molecule has 4 heterocycles. The molecule has 10 heteroatoms. The van der Waals surface area contributed by atoms with Gasteiger partial charge in [-0.3, -0.25) is 4.79 Å². The van der Waals surface area contributed by atoms with E-state index >= 15 is 0 Å². The first kappa shape index (κ1) is 24.7. The summed E-state index contributed by atoms with van der Waals surface area (Å²) in [4.78, 5) is 29.2. The number of benzene rings is 1. The van der Waals surface area contributed by atoms with Gasteiger partial charge in [-0.05, 0) is 70.3 Å². The number of aromatic nitrogens is 5. The van der Waals surface area contributed by atoms with E-state index in [-0.39, 0.29) is 5.56 Å². The van der Waals surface area contributed by atoms with Gasteiger partial charge in [-0.15, -0.1) is 0 Å². The zero-order valence-corrected chi connectivity index (χ0v) is 21.3. The molecule has 0 fully saturated rings. The lowest BCUT2D eigenvalue weighted by atomic mass is 9.95. The fraction of sp³-hybridized carbons (Fsp3) is 0.333. The van der Waals surface area contributed by atoms with Crippen LogP contribution in [0.15, 0.2) is 65.6 Å². The molecule has 2 bridgehead atoms. The Morgan fingerprint density at radius 1 is 1.14 bits per heavy atom. The highest BCUT2D eigenvalue weighted by Crippen LogP contribution is 2.27. The van der Waals surface area contributed by atoms with E-state index < -0.39 is 5.60 Å². The van der Waals surface area contributed by atoms with E-state index in [1.54, 1.807) is 28.4 Å². The van der Waals surface area contributed by atoms with Crippen LogP contribution in [-0.4, -0.2) is 61.6 Å². The molecule has 1 aliphatic rings. The molecule has 0 amide bonds. The van der Waals surface area contributed by atoms with Gasteiger partial charge >= 0.3 is 0 Å². The number of aliphatic hydroxyl groups is 1. The van der Waals surface area contributed by atoms with Gasteiger partial charge in [-0.25, -0.2) is 19.3 Å². The molecule has 192 valence electrons. The van der Waals surface area contributed by atoms with Crippen LogP contribution in [0.2, 0.25) is 0 Å². The van der Waals surface area contributed by atoms with Gasteiger partial charge in [0, 0.05) is 18.4 Å². The van der Waals surface area contributed by atoms with Gasteiger partial charge < -0.3 is 20.1 Å². The maximum atomic E-state index is 13.3. The van der Waals surface area contributed by atoms with Gasteiger partial charge in [-0.1, -0.05) is 18.2 Å². The van der Waals surface area contributed by atoms with Crippen molar-refractivity contribution in [2.45, 2.75) is 31.9 Å². The Hall–Kier alpha value is -4.02. The van der Waals surface area contributed by atoms with Gasteiger partial charge in [-0.2, -0.15) is 4.98 Å². The summed E-state index contributed by atoms with van der Waals surface area (Å²) in [5.74, 6) is 1.63. The molecule has 0 radical (unpaired) electrons. The van der Waals surface area contributed by atoms with Crippen molar-refractivity contribution in [3.05, 3.63) is 76.9 Å². The minimum absolute atomic E-state index is 0.205. The summed E-state index contributed by atoms with van der Waals surface area (Å²) in [5, 5.41) is 14.6. The number of ether oxygens (including phenoxy) is 1. The van der Waals surface area contributed by atoms with E-state index in [4.69, 9.17) is 14.7 Å². The van der Waals surface area contributed by atoms with Crippen LogP contribution in [0, 0.1) is 0 Å². The van der Waals surface area contributed by atoms with Crippen molar-refractivity contribution in [1.82, 2.24) is 29.2 Å². The number of anilines is 2. The Balaban J connectivity index is 1.51. The van der Waals surface area contributed by atoms with Gasteiger partial charge in [0.05, 0.1) is 12.2 Å². The Morgan fingerprint density at radius 3 is 2.73 bits per heavy atom. The number of rotatable bonds is 6. The summed E-state index contributed by atoms with van der Waals surface area (Å²) in [6.07, 6.45) is 6.63. The molecule has 1 aliphatic heterocycles. The SMILES string of the molecule is CN(C)CCOc1ccc(Nc2ncc3c(=O)n4n(c3n2)-c2cccc(n2)C(C)(O)CC/C=C\C4)cc1. The number of nitrogens with zero attached hydrogens (tertiary/aromatic N) is 6. The molecule has 1 atom stereocenters. The number of pyridine rings is 1. The van der Waals surface area contributed by atoms with Crippen molar-refractivity contribution in [3.8, 4) is 11.6 Å². The summed E-state index contributed by atoms with van der Waals surface area (Å²) in [5.41, 5.74) is 0.466. The van der Waals surface area contributed by atoms with Gasteiger partial charge in [0.25, 0.3) is 5.56 Å². The van der Waals surface area contributed by atoms with E-state index in [1.807, 2.05) is 56.6 Å². The second kappa shape index (κ2) is 10.2. The van der Waals surface area contributed by atoms with Crippen molar-refractivity contribution >= 4 is 22.7 Å². The van der Waals surface area contributed by atoms with Gasteiger partial charge in [0.2, 0.25) is 5.95 Å². The maximum absolute atomic E-state index is 13.3. The summed E-state index contributed by atoms with van der Waals surface area (Å²) in [7, 11) is 4.01. The maximum Gasteiger partial charge on any atom is 0.278 e. The second-order valence-electron chi connectivity index (χ2n) is 9.60. The quantitative estimate of drug-likeness (QED) is 0.388. The molecule has 1 aromatic carbocycles. The molecule has 0 aliphatic carbocycles. The van der Waals surface area contributed by atoms with Crippen LogP contribution in [0.25, 0.3) is 16.9 Å². The monoisotopic (exact) mass is 501 g/mol. The van der Waals surface area contributed by atoms with Crippen LogP contribution in [0.1, 0.15) is 25.5 Å². The van der Waals surface area contributed by atoms with Crippen LogP contribution >= 0.6 is 0 Å². The average Bonchev–Trinajstić information content (AvgIpc) is 3.14. The number of hydrogen-bond donors (Lipinski definition) is 2. The Bertz CT molecular complexity index is 1490. The highest BCUT2D eigenvalue weighted by atomic mass is 16.5. The highest BCUT2D eigenvalue weighted by Gasteiger charge is 2.26. The van der Waals surface area contributed by atoms with Crippen LogP contribution < -0.4 is 15.6 Å². The smallest absolute Gasteiger partial charge is 0.278 e. The third-order valence-corrected chi connectivity index (χ3v) is 6.34. The molecule has 0 saturated carbocycles. The summed E-state index contributed by atoms with van der Waals surface area (Å²) < 4.78 is 9.04. The number of hydrogen-bond acceptors (Lipinski definition) is 8. The number of likely N-dealkylation sites (N-methyl/N-ethyl adjacent to an activating group) is 1. The Morgan fingerprint density at radius 2 is 1.95 bits per heavy atom. The zero-order valence-electron chi connectivity index (χ0n) is 21.3. The molecule has 1 unspecified atom stereocenters. The number of allylic oxidation sites excluding steroid dienone is 2. The van der Waals surface area contributed by atoms with Gasteiger partial charge in [0.1, 0.15) is 23.3 Å². The third kappa shape index (κ3) is 5.25. The minimum atomic E-state index is -1.09. The fourth-order valence-corrected chi connectivity index (χ4v) is 4.22. The fourth-order valence-electron chi connectivity index (χ4n) is 4.22. The predicted octanol–water partition coefficient (Wildman–Crippen LogP) is 3.22. The van der Waals surface area contributed by atoms with E-state index in [1.165, 1.54) is 6.20 Å². The Kier molecular flexibility index (Phi) is 6.77. The number of nitrogens with one attached hydrogen (secondary N) is 1. The van der Waals surface area contributed by atoms with Crippen LogP contribution in [-0.2, 0) is 12.1 Å². The average molecular weight is 502 g/mol.